The van der Waals surface area contributed by atoms with Crippen LogP contribution < -0.4 is 14.2 Å². The van der Waals surface area contributed by atoms with Gasteiger partial charge in [0.2, 0.25) is 0 Å². The van der Waals surface area contributed by atoms with Crippen LogP contribution in [0.3, 0.4) is 0 Å². The molecule has 0 saturated heterocycles. The zero-order valence-corrected chi connectivity index (χ0v) is 18.7. The third-order valence-electron chi connectivity index (χ3n) is 4.79. The van der Waals surface area contributed by atoms with Gasteiger partial charge in [-0.25, -0.2) is 4.79 Å². The van der Waals surface area contributed by atoms with Gasteiger partial charge in [-0.05, 0) is 67.1 Å². The molecule has 0 aromatic heterocycles. The summed E-state index contributed by atoms with van der Waals surface area (Å²) in [5.74, 6) is 0.468. The number of benzene rings is 3. The first-order valence-electron chi connectivity index (χ1n) is 10.1. The van der Waals surface area contributed by atoms with Crippen LogP contribution in [0.5, 0.6) is 17.2 Å². The summed E-state index contributed by atoms with van der Waals surface area (Å²) in [5, 5.41) is 4.10. The Morgan fingerprint density at radius 1 is 0.882 bits per heavy atom. The lowest BCUT2D eigenvalue weighted by molar-refractivity contribution is -0.137. The van der Waals surface area contributed by atoms with E-state index in [1.54, 1.807) is 51.5 Å². The molecule has 0 heterocycles. The predicted molar refractivity (Wildman–Crippen MR) is 119 cm³/mol. The monoisotopic (exact) mass is 473 g/mol. The lowest BCUT2D eigenvalue weighted by Crippen LogP contribution is -2.10. The van der Waals surface area contributed by atoms with Crippen molar-refractivity contribution >= 4 is 11.7 Å². The molecule has 0 amide bonds. The Kier molecular flexibility index (Phi) is 7.78. The highest BCUT2D eigenvalue weighted by Gasteiger charge is 2.30. The summed E-state index contributed by atoms with van der Waals surface area (Å²) in [6.45, 7) is 1.87. The van der Waals surface area contributed by atoms with Crippen molar-refractivity contribution < 1.29 is 37.0 Å². The minimum absolute atomic E-state index is 0.00907. The summed E-state index contributed by atoms with van der Waals surface area (Å²) in [6, 6.07) is 15.8. The molecule has 0 fully saturated rings. The number of oxime groups is 1. The average Bonchev–Trinajstić information content (AvgIpc) is 2.83. The lowest BCUT2D eigenvalue weighted by atomic mass is 10.1. The quantitative estimate of drug-likeness (QED) is 0.177. The van der Waals surface area contributed by atoms with Crippen LogP contribution in [0.25, 0.3) is 0 Å². The maximum atomic E-state index is 12.7. The van der Waals surface area contributed by atoms with E-state index in [1.165, 1.54) is 6.07 Å². The topological polar surface area (TPSA) is 66.4 Å². The van der Waals surface area contributed by atoms with E-state index in [9.17, 15) is 18.0 Å². The number of alkyl halides is 3. The molecule has 9 heteroatoms. The van der Waals surface area contributed by atoms with Crippen LogP contribution in [0.2, 0.25) is 0 Å². The van der Waals surface area contributed by atoms with Crippen LogP contribution in [-0.4, -0.2) is 25.9 Å². The van der Waals surface area contributed by atoms with Crippen molar-refractivity contribution in [3.05, 3.63) is 89.0 Å². The number of rotatable bonds is 8. The van der Waals surface area contributed by atoms with Crippen molar-refractivity contribution in [1.29, 1.82) is 0 Å². The SMILES string of the molecule is COc1ccc(/C(C)=N\OCc2cccc(C(=O)Oc3ccc(C(F)(F)F)cc3)c2)cc1OC. The molecule has 3 aromatic carbocycles. The lowest BCUT2D eigenvalue weighted by Gasteiger charge is -2.10. The van der Waals surface area contributed by atoms with Gasteiger partial charge in [0.25, 0.3) is 0 Å². The van der Waals surface area contributed by atoms with Gasteiger partial charge in [0.1, 0.15) is 12.4 Å². The minimum atomic E-state index is -4.46. The Hall–Kier alpha value is -4.01. The van der Waals surface area contributed by atoms with Gasteiger partial charge < -0.3 is 19.0 Å². The van der Waals surface area contributed by atoms with Crippen molar-refractivity contribution in [3.63, 3.8) is 0 Å². The van der Waals surface area contributed by atoms with Gasteiger partial charge in [-0.2, -0.15) is 13.2 Å². The Bertz CT molecular complexity index is 1170. The highest BCUT2D eigenvalue weighted by atomic mass is 19.4. The number of hydrogen-bond acceptors (Lipinski definition) is 6. The molecule has 0 atom stereocenters. The first-order valence-corrected chi connectivity index (χ1v) is 10.1. The van der Waals surface area contributed by atoms with E-state index in [1.807, 2.05) is 6.07 Å². The van der Waals surface area contributed by atoms with Crippen LogP contribution in [0.15, 0.2) is 71.9 Å². The third-order valence-corrected chi connectivity index (χ3v) is 4.79. The summed E-state index contributed by atoms with van der Waals surface area (Å²) < 4.78 is 53.7. The van der Waals surface area contributed by atoms with Crippen molar-refractivity contribution in [3.8, 4) is 17.2 Å². The summed E-state index contributed by atoms with van der Waals surface area (Å²) in [4.78, 5) is 17.8. The second-order valence-corrected chi connectivity index (χ2v) is 7.13. The van der Waals surface area contributed by atoms with Crippen molar-refractivity contribution in [2.75, 3.05) is 14.2 Å². The average molecular weight is 473 g/mol. The van der Waals surface area contributed by atoms with Gasteiger partial charge in [-0.3, -0.25) is 0 Å². The van der Waals surface area contributed by atoms with E-state index >= 15 is 0 Å². The van der Waals surface area contributed by atoms with Gasteiger partial charge >= 0.3 is 12.1 Å². The number of carbonyl (C=O) groups excluding carboxylic acids is 1. The smallest absolute Gasteiger partial charge is 0.416 e. The molecule has 0 aliphatic rings. The van der Waals surface area contributed by atoms with E-state index in [0.29, 0.717) is 22.8 Å². The molecule has 6 nitrogen and oxygen atoms in total. The molecule has 34 heavy (non-hydrogen) atoms. The largest absolute Gasteiger partial charge is 0.493 e. The molecule has 0 unspecified atom stereocenters. The van der Waals surface area contributed by atoms with Gasteiger partial charge in [0.15, 0.2) is 11.5 Å². The first kappa shape index (κ1) is 24.6. The van der Waals surface area contributed by atoms with Crippen molar-refractivity contribution in [2.45, 2.75) is 19.7 Å². The summed E-state index contributed by atoms with van der Waals surface area (Å²) >= 11 is 0. The first-order chi connectivity index (χ1) is 16.2. The fourth-order valence-electron chi connectivity index (χ4n) is 2.98. The summed E-state index contributed by atoms with van der Waals surface area (Å²) in [7, 11) is 3.09. The van der Waals surface area contributed by atoms with Crippen molar-refractivity contribution in [2.24, 2.45) is 5.16 Å². The molecular formula is C25H22F3NO5. The molecule has 0 saturated carbocycles. The maximum Gasteiger partial charge on any atom is 0.416 e. The van der Waals surface area contributed by atoms with Gasteiger partial charge in [0, 0.05) is 5.56 Å². The van der Waals surface area contributed by atoms with E-state index in [2.05, 4.69) is 5.16 Å². The number of nitrogens with zero attached hydrogens (tertiary/aromatic N) is 1. The van der Waals surface area contributed by atoms with Crippen LogP contribution >= 0.6 is 0 Å². The molecule has 3 aromatic rings. The van der Waals surface area contributed by atoms with Crippen molar-refractivity contribution in [1.82, 2.24) is 0 Å². The summed E-state index contributed by atoms with van der Waals surface area (Å²) in [6.07, 6.45) is -4.46. The number of methoxy groups -OCH3 is 2. The number of halogens is 3. The Morgan fingerprint density at radius 3 is 2.24 bits per heavy atom. The molecule has 0 aliphatic carbocycles. The van der Waals surface area contributed by atoms with E-state index < -0.39 is 17.7 Å². The van der Waals surface area contributed by atoms with Gasteiger partial charge in [0.05, 0.1) is 31.1 Å². The molecule has 0 aliphatic heterocycles. The second kappa shape index (κ2) is 10.7. The Labute approximate surface area is 194 Å². The molecule has 3 rings (SSSR count). The number of carbonyl (C=O) groups is 1. The third kappa shape index (κ3) is 6.28. The van der Waals surface area contributed by atoms with Crippen LogP contribution in [-0.2, 0) is 17.6 Å². The summed E-state index contributed by atoms with van der Waals surface area (Å²) in [5.41, 5.74) is 1.45. The molecular weight excluding hydrogens is 451 g/mol. The Morgan fingerprint density at radius 2 is 1.59 bits per heavy atom. The second-order valence-electron chi connectivity index (χ2n) is 7.13. The zero-order chi connectivity index (χ0) is 24.7. The maximum absolute atomic E-state index is 12.7. The molecule has 178 valence electrons. The number of ether oxygens (including phenoxy) is 3. The zero-order valence-electron chi connectivity index (χ0n) is 18.7. The number of hydrogen-bond donors (Lipinski definition) is 0. The predicted octanol–water partition coefficient (Wildman–Crippen LogP) is 5.88. The minimum Gasteiger partial charge on any atom is -0.493 e. The molecule has 0 radical (unpaired) electrons. The highest BCUT2D eigenvalue weighted by molar-refractivity contribution is 5.98. The van der Waals surface area contributed by atoms with E-state index in [0.717, 1.165) is 29.8 Å². The van der Waals surface area contributed by atoms with Gasteiger partial charge in [-0.15, -0.1) is 0 Å². The number of esters is 1. The normalized spacial score (nSPS) is 11.6. The van der Waals surface area contributed by atoms with Crippen LogP contribution in [0.4, 0.5) is 13.2 Å². The molecule has 0 spiro atoms. The fraction of sp³-hybridized carbons (Fsp3) is 0.200. The van der Waals surface area contributed by atoms with Crippen LogP contribution in [0, 0.1) is 0 Å². The fourth-order valence-corrected chi connectivity index (χ4v) is 2.98. The van der Waals surface area contributed by atoms with Gasteiger partial charge in [-0.1, -0.05) is 17.3 Å². The van der Waals surface area contributed by atoms with Crippen LogP contribution in [0.1, 0.15) is 34.0 Å². The highest BCUT2D eigenvalue weighted by Crippen LogP contribution is 2.30. The van der Waals surface area contributed by atoms with E-state index in [-0.39, 0.29) is 17.9 Å². The Balaban J connectivity index is 1.62. The standard InChI is InChI=1S/C25H22F3NO5/c1-16(18-7-12-22(31-2)23(14-18)32-3)29-33-15-17-5-4-6-19(13-17)24(30)34-21-10-8-20(9-11-21)25(26,27)28/h4-14H,15H2,1-3H3/b29-16-. The molecule has 0 N–H and O–H groups in total. The molecule has 0 bridgehead atoms. The van der Waals surface area contributed by atoms with E-state index in [4.69, 9.17) is 19.0 Å².